The molecule has 0 aromatic heterocycles. The van der Waals surface area contributed by atoms with Gasteiger partial charge in [0.05, 0.1) is 0 Å². The minimum Gasteiger partial charge on any atom is -0.484 e. The van der Waals surface area contributed by atoms with E-state index in [0.717, 1.165) is 17.9 Å². The van der Waals surface area contributed by atoms with Crippen molar-refractivity contribution in [2.45, 2.75) is 70.4 Å². The zero-order valence-electron chi connectivity index (χ0n) is 17.2. The van der Waals surface area contributed by atoms with Crippen LogP contribution in [0.5, 0.6) is 5.75 Å². The van der Waals surface area contributed by atoms with E-state index < -0.39 is 12.8 Å². The van der Waals surface area contributed by atoms with E-state index in [0.29, 0.717) is 5.92 Å². The average molecular weight is 405 g/mol. The molecule has 0 aliphatic heterocycles. The SMILES string of the molecule is CCCCC1CCC(c2ccc(Cc3ccc(OCC(F)(F)F)cc3)cc2)CC1. The number of halogens is 3. The fraction of sp³-hybridized carbons (Fsp3) is 0.520. The highest BCUT2D eigenvalue weighted by Crippen LogP contribution is 2.37. The summed E-state index contributed by atoms with van der Waals surface area (Å²) >= 11 is 0. The Kier molecular flexibility index (Phi) is 7.63. The number of benzene rings is 2. The molecule has 3 rings (SSSR count). The van der Waals surface area contributed by atoms with Gasteiger partial charge in [-0.2, -0.15) is 13.2 Å². The Morgan fingerprint density at radius 1 is 0.862 bits per heavy atom. The van der Waals surface area contributed by atoms with E-state index in [2.05, 4.69) is 31.2 Å². The monoisotopic (exact) mass is 404 g/mol. The molecule has 2 aromatic carbocycles. The summed E-state index contributed by atoms with van der Waals surface area (Å²) in [5.74, 6) is 1.86. The van der Waals surface area contributed by atoms with Gasteiger partial charge in [-0.25, -0.2) is 0 Å². The summed E-state index contributed by atoms with van der Waals surface area (Å²) in [6.45, 7) is 1.01. The summed E-state index contributed by atoms with van der Waals surface area (Å²) in [7, 11) is 0. The standard InChI is InChI=1S/C25H31F3O/c1-2-3-4-19-5-11-22(12-6-19)23-13-7-20(8-14-23)17-21-9-15-24(16-10-21)29-18-25(26,27)28/h7-10,13-16,19,22H,2-6,11-12,17-18H2,1H3. The average Bonchev–Trinajstić information content (AvgIpc) is 2.72. The van der Waals surface area contributed by atoms with Crippen LogP contribution in [0.2, 0.25) is 0 Å². The van der Waals surface area contributed by atoms with Crippen LogP contribution in [0.4, 0.5) is 13.2 Å². The van der Waals surface area contributed by atoms with Gasteiger partial charge in [-0.3, -0.25) is 0 Å². The third-order valence-electron chi connectivity index (χ3n) is 6.00. The van der Waals surface area contributed by atoms with E-state index in [1.165, 1.54) is 56.1 Å². The van der Waals surface area contributed by atoms with Crippen molar-refractivity contribution < 1.29 is 17.9 Å². The summed E-state index contributed by atoms with van der Waals surface area (Å²) in [5.41, 5.74) is 3.72. The molecule has 29 heavy (non-hydrogen) atoms. The first-order valence-corrected chi connectivity index (χ1v) is 10.8. The molecule has 1 aliphatic carbocycles. The fourth-order valence-electron chi connectivity index (χ4n) is 4.29. The van der Waals surface area contributed by atoms with Crippen LogP contribution in [0.3, 0.4) is 0 Å². The van der Waals surface area contributed by atoms with Gasteiger partial charge in [0, 0.05) is 0 Å². The van der Waals surface area contributed by atoms with Crippen LogP contribution >= 0.6 is 0 Å². The van der Waals surface area contributed by atoms with Crippen LogP contribution in [-0.4, -0.2) is 12.8 Å². The summed E-state index contributed by atoms with van der Waals surface area (Å²) < 4.78 is 41.4. The maximum atomic E-state index is 12.2. The molecular weight excluding hydrogens is 373 g/mol. The van der Waals surface area contributed by atoms with Crippen molar-refractivity contribution in [3.8, 4) is 5.75 Å². The first kappa shape index (κ1) is 21.7. The second-order valence-corrected chi connectivity index (χ2v) is 8.33. The van der Waals surface area contributed by atoms with Crippen molar-refractivity contribution in [3.05, 3.63) is 65.2 Å². The predicted octanol–water partition coefficient (Wildman–Crippen LogP) is 7.68. The van der Waals surface area contributed by atoms with Gasteiger partial charge in [-0.05, 0) is 72.8 Å². The number of hydrogen-bond donors (Lipinski definition) is 0. The maximum Gasteiger partial charge on any atom is 0.422 e. The minimum absolute atomic E-state index is 0.246. The van der Waals surface area contributed by atoms with E-state index >= 15 is 0 Å². The van der Waals surface area contributed by atoms with Crippen molar-refractivity contribution in [2.24, 2.45) is 5.92 Å². The van der Waals surface area contributed by atoms with Gasteiger partial charge < -0.3 is 4.74 Å². The normalized spacial score (nSPS) is 19.9. The van der Waals surface area contributed by atoms with E-state index in [4.69, 9.17) is 4.74 Å². The summed E-state index contributed by atoms with van der Waals surface area (Å²) in [6.07, 6.45) is 5.82. The molecule has 1 aliphatic rings. The van der Waals surface area contributed by atoms with Crippen LogP contribution in [0, 0.1) is 5.92 Å². The Labute approximate surface area is 172 Å². The lowest BCUT2D eigenvalue weighted by molar-refractivity contribution is -0.153. The molecule has 0 heterocycles. The molecule has 0 saturated heterocycles. The van der Waals surface area contributed by atoms with Crippen molar-refractivity contribution in [2.75, 3.05) is 6.61 Å². The van der Waals surface area contributed by atoms with Crippen LogP contribution < -0.4 is 4.74 Å². The molecular formula is C25H31F3O. The Morgan fingerprint density at radius 2 is 1.45 bits per heavy atom. The topological polar surface area (TPSA) is 9.23 Å². The first-order valence-electron chi connectivity index (χ1n) is 10.8. The Hall–Kier alpha value is -1.97. The fourth-order valence-corrected chi connectivity index (χ4v) is 4.29. The zero-order chi connectivity index (χ0) is 20.7. The molecule has 0 bridgehead atoms. The van der Waals surface area contributed by atoms with Crippen LogP contribution in [0.15, 0.2) is 48.5 Å². The highest BCUT2D eigenvalue weighted by Gasteiger charge is 2.28. The molecule has 0 radical (unpaired) electrons. The second kappa shape index (κ2) is 10.2. The highest BCUT2D eigenvalue weighted by atomic mass is 19.4. The van der Waals surface area contributed by atoms with Gasteiger partial charge in [0.2, 0.25) is 0 Å². The Balaban J connectivity index is 1.49. The minimum atomic E-state index is -4.31. The summed E-state index contributed by atoms with van der Waals surface area (Å²) in [6, 6.07) is 15.8. The van der Waals surface area contributed by atoms with Gasteiger partial charge in [-0.15, -0.1) is 0 Å². The number of alkyl halides is 3. The third-order valence-corrected chi connectivity index (χ3v) is 6.00. The lowest BCUT2D eigenvalue weighted by atomic mass is 9.77. The van der Waals surface area contributed by atoms with Crippen molar-refractivity contribution >= 4 is 0 Å². The third kappa shape index (κ3) is 7.09. The lowest BCUT2D eigenvalue weighted by Gasteiger charge is -2.29. The van der Waals surface area contributed by atoms with Crippen LogP contribution in [0.25, 0.3) is 0 Å². The van der Waals surface area contributed by atoms with E-state index in [9.17, 15) is 13.2 Å². The van der Waals surface area contributed by atoms with Crippen molar-refractivity contribution in [3.63, 3.8) is 0 Å². The van der Waals surface area contributed by atoms with Gasteiger partial charge in [-0.1, -0.05) is 62.6 Å². The van der Waals surface area contributed by atoms with Crippen molar-refractivity contribution in [1.82, 2.24) is 0 Å². The maximum absolute atomic E-state index is 12.2. The second-order valence-electron chi connectivity index (χ2n) is 8.33. The van der Waals surface area contributed by atoms with Gasteiger partial charge in [0.15, 0.2) is 6.61 Å². The lowest BCUT2D eigenvalue weighted by Crippen LogP contribution is -2.19. The van der Waals surface area contributed by atoms with Gasteiger partial charge >= 0.3 is 6.18 Å². The first-order chi connectivity index (χ1) is 13.9. The molecule has 1 fully saturated rings. The van der Waals surface area contributed by atoms with Crippen LogP contribution in [-0.2, 0) is 6.42 Å². The highest BCUT2D eigenvalue weighted by molar-refractivity contribution is 5.33. The number of rotatable bonds is 8. The molecule has 1 saturated carbocycles. The smallest absolute Gasteiger partial charge is 0.422 e. The molecule has 1 nitrogen and oxygen atoms in total. The number of hydrogen-bond acceptors (Lipinski definition) is 1. The molecule has 0 N–H and O–H groups in total. The summed E-state index contributed by atoms with van der Waals surface area (Å²) in [5, 5.41) is 0. The predicted molar refractivity (Wildman–Crippen MR) is 111 cm³/mol. The molecule has 0 spiro atoms. The quantitative estimate of drug-likeness (QED) is 0.438. The number of ether oxygens (including phenoxy) is 1. The molecule has 4 heteroatoms. The van der Waals surface area contributed by atoms with E-state index in [-0.39, 0.29) is 5.75 Å². The largest absolute Gasteiger partial charge is 0.484 e. The molecule has 158 valence electrons. The van der Waals surface area contributed by atoms with Crippen LogP contribution in [0.1, 0.15) is 74.5 Å². The molecule has 0 atom stereocenters. The van der Waals surface area contributed by atoms with Gasteiger partial charge in [0.25, 0.3) is 0 Å². The summed E-state index contributed by atoms with van der Waals surface area (Å²) in [4.78, 5) is 0. The number of unbranched alkanes of at least 4 members (excludes halogenated alkanes) is 1. The molecule has 0 unspecified atom stereocenters. The Bertz CT molecular complexity index is 726. The molecule has 2 aromatic rings. The zero-order valence-corrected chi connectivity index (χ0v) is 17.2. The van der Waals surface area contributed by atoms with Gasteiger partial charge in [0.1, 0.15) is 5.75 Å². The molecule has 0 amide bonds. The van der Waals surface area contributed by atoms with E-state index in [1.54, 1.807) is 12.1 Å². The van der Waals surface area contributed by atoms with E-state index in [1.807, 2.05) is 12.1 Å². The van der Waals surface area contributed by atoms with Crippen molar-refractivity contribution in [1.29, 1.82) is 0 Å². The Morgan fingerprint density at radius 3 is 2.00 bits per heavy atom.